The van der Waals surface area contributed by atoms with Crippen LogP contribution in [0, 0.1) is 0 Å². The minimum atomic E-state index is -1.27. The molecule has 2 rings (SSSR count). The van der Waals surface area contributed by atoms with Crippen LogP contribution < -0.4 is 5.32 Å². The minimum Gasteiger partial charge on any atom is -0.493 e. The molecule has 0 fully saturated rings. The van der Waals surface area contributed by atoms with Gasteiger partial charge in [-0.1, -0.05) is 29.8 Å². The summed E-state index contributed by atoms with van der Waals surface area (Å²) < 4.78 is 0. The number of nitrogens with zero attached hydrogens (tertiary/aromatic N) is 2. The largest absolute Gasteiger partial charge is 0.493 e. The number of aromatic hydroxyl groups is 1. The molecule has 104 valence electrons. The molecule has 3 N–H and O–H groups in total. The summed E-state index contributed by atoms with van der Waals surface area (Å²) in [6, 6.07) is 7.47. The summed E-state index contributed by atoms with van der Waals surface area (Å²) in [4.78, 5) is 18.2. The Hall–Kier alpha value is -2.34. The molecule has 0 aliphatic heterocycles. The average molecular weight is 294 g/mol. The van der Waals surface area contributed by atoms with E-state index in [-0.39, 0.29) is 11.5 Å². The van der Waals surface area contributed by atoms with E-state index in [9.17, 15) is 9.90 Å². The Morgan fingerprint density at radius 2 is 2.10 bits per heavy atom. The van der Waals surface area contributed by atoms with Gasteiger partial charge in [-0.3, -0.25) is 0 Å². The van der Waals surface area contributed by atoms with E-state index in [1.165, 1.54) is 0 Å². The van der Waals surface area contributed by atoms with Gasteiger partial charge in [0.05, 0.1) is 6.20 Å². The highest BCUT2D eigenvalue weighted by Crippen LogP contribution is 2.16. The molecule has 0 unspecified atom stereocenters. The SMILES string of the molecule is O=C(O)c1cnc(NCCc2ccccc2Cl)nc1O. The number of hydrogen-bond acceptors (Lipinski definition) is 5. The van der Waals surface area contributed by atoms with E-state index < -0.39 is 11.8 Å². The number of aromatic carboxylic acids is 1. The normalized spacial score (nSPS) is 10.2. The molecular weight excluding hydrogens is 282 g/mol. The van der Waals surface area contributed by atoms with Crippen LogP contribution in [-0.4, -0.2) is 32.7 Å². The molecule has 0 saturated heterocycles. The van der Waals surface area contributed by atoms with Crippen molar-refractivity contribution in [3.05, 3.63) is 46.6 Å². The van der Waals surface area contributed by atoms with Crippen molar-refractivity contribution in [1.82, 2.24) is 9.97 Å². The first-order valence-electron chi connectivity index (χ1n) is 5.84. The van der Waals surface area contributed by atoms with Gasteiger partial charge in [-0.25, -0.2) is 9.78 Å². The molecule has 1 aromatic heterocycles. The fourth-order valence-corrected chi connectivity index (χ4v) is 1.85. The van der Waals surface area contributed by atoms with Gasteiger partial charge in [0.25, 0.3) is 0 Å². The molecule has 1 aromatic carbocycles. The Balaban J connectivity index is 1.97. The van der Waals surface area contributed by atoms with Crippen molar-refractivity contribution in [3.8, 4) is 5.88 Å². The lowest BCUT2D eigenvalue weighted by atomic mass is 10.1. The summed E-state index contributed by atoms with van der Waals surface area (Å²) in [7, 11) is 0. The van der Waals surface area contributed by atoms with Gasteiger partial charge in [0, 0.05) is 11.6 Å². The van der Waals surface area contributed by atoms with Crippen LogP contribution in [0.3, 0.4) is 0 Å². The van der Waals surface area contributed by atoms with E-state index in [4.69, 9.17) is 16.7 Å². The van der Waals surface area contributed by atoms with Gasteiger partial charge in [0.2, 0.25) is 11.8 Å². The molecule has 7 heteroatoms. The van der Waals surface area contributed by atoms with Crippen LogP contribution in [0.2, 0.25) is 5.02 Å². The number of carbonyl (C=O) groups is 1. The second-order valence-electron chi connectivity index (χ2n) is 4.00. The van der Waals surface area contributed by atoms with Crippen molar-refractivity contribution in [2.45, 2.75) is 6.42 Å². The monoisotopic (exact) mass is 293 g/mol. The lowest BCUT2D eigenvalue weighted by Crippen LogP contribution is -2.09. The number of anilines is 1. The van der Waals surface area contributed by atoms with Crippen molar-refractivity contribution in [3.63, 3.8) is 0 Å². The van der Waals surface area contributed by atoms with E-state index in [0.717, 1.165) is 11.8 Å². The van der Waals surface area contributed by atoms with Crippen molar-refractivity contribution < 1.29 is 15.0 Å². The highest BCUT2D eigenvalue weighted by atomic mass is 35.5. The molecular formula is C13H12ClN3O3. The Morgan fingerprint density at radius 3 is 2.75 bits per heavy atom. The molecule has 0 aliphatic rings. The van der Waals surface area contributed by atoms with Crippen molar-refractivity contribution >= 4 is 23.5 Å². The third-order valence-electron chi connectivity index (χ3n) is 2.63. The number of carboxylic acids is 1. The lowest BCUT2D eigenvalue weighted by Gasteiger charge is -2.07. The third kappa shape index (κ3) is 3.36. The number of benzene rings is 1. The predicted octanol–water partition coefficient (Wildman–Crippen LogP) is 2.19. The highest BCUT2D eigenvalue weighted by molar-refractivity contribution is 6.31. The molecule has 0 atom stereocenters. The van der Waals surface area contributed by atoms with E-state index in [1.807, 2.05) is 18.2 Å². The van der Waals surface area contributed by atoms with Crippen LogP contribution in [0.15, 0.2) is 30.5 Å². The molecule has 0 radical (unpaired) electrons. The fourth-order valence-electron chi connectivity index (χ4n) is 1.62. The highest BCUT2D eigenvalue weighted by Gasteiger charge is 2.12. The zero-order chi connectivity index (χ0) is 14.5. The molecule has 0 bridgehead atoms. The van der Waals surface area contributed by atoms with Crippen LogP contribution in [0.5, 0.6) is 5.88 Å². The van der Waals surface area contributed by atoms with Gasteiger partial charge < -0.3 is 15.5 Å². The van der Waals surface area contributed by atoms with E-state index >= 15 is 0 Å². The number of aromatic nitrogens is 2. The first kappa shape index (κ1) is 14.1. The zero-order valence-electron chi connectivity index (χ0n) is 10.4. The van der Waals surface area contributed by atoms with Gasteiger partial charge >= 0.3 is 5.97 Å². The van der Waals surface area contributed by atoms with E-state index in [1.54, 1.807) is 6.07 Å². The summed E-state index contributed by atoms with van der Waals surface area (Å²) in [6.07, 6.45) is 1.72. The van der Waals surface area contributed by atoms with Crippen molar-refractivity contribution in [2.75, 3.05) is 11.9 Å². The first-order valence-corrected chi connectivity index (χ1v) is 6.22. The quantitative estimate of drug-likeness (QED) is 0.782. The molecule has 0 saturated carbocycles. The lowest BCUT2D eigenvalue weighted by molar-refractivity contribution is 0.0692. The maximum Gasteiger partial charge on any atom is 0.342 e. The van der Waals surface area contributed by atoms with Crippen LogP contribution in [0.1, 0.15) is 15.9 Å². The zero-order valence-corrected chi connectivity index (χ0v) is 11.1. The summed E-state index contributed by atoms with van der Waals surface area (Å²) in [6.45, 7) is 0.510. The van der Waals surface area contributed by atoms with Gasteiger partial charge in [-0.15, -0.1) is 0 Å². The number of rotatable bonds is 5. The molecule has 0 spiro atoms. The fraction of sp³-hybridized carbons (Fsp3) is 0.154. The maximum absolute atomic E-state index is 10.7. The van der Waals surface area contributed by atoms with E-state index in [2.05, 4.69) is 15.3 Å². The van der Waals surface area contributed by atoms with E-state index in [0.29, 0.717) is 18.0 Å². The maximum atomic E-state index is 10.7. The summed E-state index contributed by atoms with van der Waals surface area (Å²) >= 11 is 6.02. The summed E-state index contributed by atoms with van der Waals surface area (Å²) in [5.41, 5.74) is 0.648. The Bertz CT molecular complexity index is 634. The molecule has 6 nitrogen and oxygen atoms in total. The van der Waals surface area contributed by atoms with Crippen LogP contribution in [0.25, 0.3) is 0 Å². The molecule has 20 heavy (non-hydrogen) atoms. The standard InChI is InChI=1S/C13H12ClN3O3/c14-10-4-2-1-3-8(10)5-6-15-13-16-7-9(12(19)20)11(18)17-13/h1-4,7H,5-6H2,(H,19,20)(H2,15,16,17,18). The second kappa shape index (κ2) is 6.21. The van der Waals surface area contributed by atoms with Crippen LogP contribution in [-0.2, 0) is 6.42 Å². The van der Waals surface area contributed by atoms with Crippen molar-refractivity contribution in [1.29, 1.82) is 0 Å². The molecule has 0 aliphatic carbocycles. The van der Waals surface area contributed by atoms with Crippen molar-refractivity contribution in [2.24, 2.45) is 0 Å². The topological polar surface area (TPSA) is 95.3 Å². The second-order valence-corrected chi connectivity index (χ2v) is 4.41. The average Bonchev–Trinajstić information content (AvgIpc) is 2.40. The first-order chi connectivity index (χ1) is 9.58. The summed E-state index contributed by atoms with van der Waals surface area (Å²) in [5, 5.41) is 21.7. The minimum absolute atomic E-state index is 0.166. The van der Waals surface area contributed by atoms with Gasteiger partial charge in [-0.05, 0) is 18.1 Å². The smallest absolute Gasteiger partial charge is 0.342 e. The number of nitrogens with one attached hydrogen (secondary N) is 1. The Labute approximate surface area is 120 Å². The molecule has 0 amide bonds. The molecule has 1 heterocycles. The van der Waals surface area contributed by atoms with Crippen LogP contribution >= 0.6 is 11.6 Å². The Kier molecular flexibility index (Phi) is 4.37. The molecule has 2 aromatic rings. The summed E-state index contributed by atoms with van der Waals surface area (Å²) in [5.74, 6) is -1.67. The van der Waals surface area contributed by atoms with Gasteiger partial charge in [0.1, 0.15) is 5.56 Å². The predicted molar refractivity (Wildman–Crippen MR) is 74.3 cm³/mol. The Morgan fingerprint density at radius 1 is 1.35 bits per heavy atom. The third-order valence-corrected chi connectivity index (χ3v) is 3.00. The number of halogens is 1. The van der Waals surface area contributed by atoms with Gasteiger partial charge in [-0.2, -0.15) is 4.98 Å². The van der Waals surface area contributed by atoms with Crippen LogP contribution in [0.4, 0.5) is 5.95 Å². The number of carboxylic acid groups (broad SMARTS) is 1. The number of hydrogen-bond donors (Lipinski definition) is 3. The van der Waals surface area contributed by atoms with Gasteiger partial charge in [0.15, 0.2) is 0 Å².